The number of nitrogens with one attached hydrogen (secondary N) is 3. The molecule has 5 heteroatoms. The van der Waals surface area contributed by atoms with Crippen molar-refractivity contribution in [2.75, 3.05) is 7.11 Å². The zero-order valence-corrected chi connectivity index (χ0v) is 11.8. The van der Waals surface area contributed by atoms with E-state index in [1.165, 1.54) is 0 Å². The van der Waals surface area contributed by atoms with Gasteiger partial charge in [0, 0.05) is 19.2 Å². The standard InChI is InChI=1S/C14H21N3O2/c1-8(10(3)19-4)15-9(2)11-5-6-12-13(7-11)17-14(18)16-12/h5-10,15H,1-4H3,(H2,16,17,18). The fourth-order valence-corrected chi connectivity index (χ4v) is 2.15. The molecule has 1 aromatic heterocycles. The molecular formula is C14H21N3O2. The summed E-state index contributed by atoms with van der Waals surface area (Å²) >= 11 is 0. The molecule has 0 saturated heterocycles. The average molecular weight is 263 g/mol. The lowest BCUT2D eigenvalue weighted by molar-refractivity contribution is 0.0852. The molecule has 3 N–H and O–H groups in total. The SMILES string of the molecule is COC(C)C(C)NC(C)c1ccc2[nH]c(=O)[nH]c2c1. The molecule has 0 fully saturated rings. The molecule has 1 heterocycles. The van der Waals surface area contributed by atoms with Gasteiger partial charge in [-0.3, -0.25) is 0 Å². The summed E-state index contributed by atoms with van der Waals surface area (Å²) in [5, 5.41) is 3.49. The molecule has 0 spiro atoms. The van der Waals surface area contributed by atoms with Gasteiger partial charge in [-0.25, -0.2) is 4.79 Å². The summed E-state index contributed by atoms with van der Waals surface area (Å²) in [6, 6.07) is 6.38. The van der Waals surface area contributed by atoms with Crippen LogP contribution in [-0.2, 0) is 4.74 Å². The van der Waals surface area contributed by atoms with Crippen LogP contribution in [0, 0.1) is 0 Å². The van der Waals surface area contributed by atoms with Crippen LogP contribution in [0.3, 0.4) is 0 Å². The molecule has 2 rings (SSSR count). The lowest BCUT2D eigenvalue weighted by atomic mass is 10.1. The Morgan fingerprint density at radius 3 is 2.53 bits per heavy atom. The molecule has 1 aromatic carbocycles. The second kappa shape index (κ2) is 5.59. The Hall–Kier alpha value is -1.59. The molecular weight excluding hydrogens is 242 g/mol. The van der Waals surface area contributed by atoms with E-state index in [9.17, 15) is 4.79 Å². The number of fused-ring (bicyclic) bond motifs is 1. The highest BCUT2D eigenvalue weighted by molar-refractivity contribution is 5.75. The number of hydrogen-bond acceptors (Lipinski definition) is 3. The average Bonchev–Trinajstić information content (AvgIpc) is 2.76. The van der Waals surface area contributed by atoms with E-state index in [2.05, 4.69) is 29.1 Å². The monoisotopic (exact) mass is 263 g/mol. The van der Waals surface area contributed by atoms with E-state index in [1.54, 1.807) is 7.11 Å². The number of imidazole rings is 1. The van der Waals surface area contributed by atoms with Crippen LogP contribution in [0.4, 0.5) is 0 Å². The Labute approximate surface area is 112 Å². The van der Waals surface area contributed by atoms with Crippen molar-refractivity contribution < 1.29 is 4.74 Å². The molecule has 0 aliphatic rings. The summed E-state index contributed by atoms with van der Waals surface area (Å²) in [4.78, 5) is 16.8. The van der Waals surface area contributed by atoms with Crippen molar-refractivity contribution in [2.45, 2.75) is 39.0 Å². The maximum absolute atomic E-state index is 11.2. The Bertz CT molecular complexity index is 602. The van der Waals surface area contributed by atoms with Crippen LogP contribution in [-0.4, -0.2) is 29.2 Å². The first-order valence-corrected chi connectivity index (χ1v) is 6.52. The van der Waals surface area contributed by atoms with E-state index in [4.69, 9.17) is 4.74 Å². The summed E-state index contributed by atoms with van der Waals surface area (Å²) in [5.41, 5.74) is 2.63. The molecule has 19 heavy (non-hydrogen) atoms. The number of benzene rings is 1. The second-order valence-electron chi connectivity index (χ2n) is 5.00. The minimum absolute atomic E-state index is 0.151. The van der Waals surface area contributed by atoms with E-state index < -0.39 is 0 Å². The Morgan fingerprint density at radius 1 is 1.16 bits per heavy atom. The third-order valence-corrected chi connectivity index (χ3v) is 3.63. The fraction of sp³-hybridized carbons (Fsp3) is 0.500. The lowest BCUT2D eigenvalue weighted by Gasteiger charge is -2.24. The molecule has 0 aliphatic carbocycles. The van der Waals surface area contributed by atoms with E-state index in [-0.39, 0.29) is 23.9 Å². The first-order chi connectivity index (χ1) is 9.01. The number of aromatic nitrogens is 2. The zero-order valence-electron chi connectivity index (χ0n) is 11.8. The van der Waals surface area contributed by atoms with Gasteiger partial charge in [0.15, 0.2) is 0 Å². The zero-order chi connectivity index (χ0) is 14.0. The molecule has 0 bridgehead atoms. The van der Waals surface area contributed by atoms with Gasteiger partial charge in [0.05, 0.1) is 17.1 Å². The third-order valence-electron chi connectivity index (χ3n) is 3.63. The first kappa shape index (κ1) is 13.8. The van der Waals surface area contributed by atoms with Gasteiger partial charge < -0.3 is 20.0 Å². The molecule has 3 atom stereocenters. The molecule has 0 aliphatic heterocycles. The maximum atomic E-state index is 11.2. The van der Waals surface area contributed by atoms with Gasteiger partial charge in [0.1, 0.15) is 0 Å². The van der Waals surface area contributed by atoms with Gasteiger partial charge in [-0.1, -0.05) is 6.07 Å². The van der Waals surface area contributed by atoms with Crippen LogP contribution in [0.2, 0.25) is 0 Å². The van der Waals surface area contributed by atoms with Gasteiger partial charge in [-0.05, 0) is 38.5 Å². The van der Waals surface area contributed by atoms with Crippen LogP contribution >= 0.6 is 0 Å². The Kier molecular flexibility index (Phi) is 4.07. The molecule has 0 saturated carbocycles. The van der Waals surface area contributed by atoms with Crippen molar-refractivity contribution in [3.63, 3.8) is 0 Å². The van der Waals surface area contributed by atoms with Crippen molar-refractivity contribution in [2.24, 2.45) is 0 Å². The van der Waals surface area contributed by atoms with Gasteiger partial charge in [0.2, 0.25) is 0 Å². The first-order valence-electron chi connectivity index (χ1n) is 6.52. The van der Waals surface area contributed by atoms with Crippen LogP contribution in [0.5, 0.6) is 0 Å². The molecule has 5 nitrogen and oxygen atoms in total. The molecule has 0 amide bonds. The van der Waals surface area contributed by atoms with Gasteiger partial charge in [-0.2, -0.15) is 0 Å². The number of rotatable bonds is 5. The summed E-state index contributed by atoms with van der Waals surface area (Å²) in [7, 11) is 1.71. The van der Waals surface area contributed by atoms with Crippen LogP contribution < -0.4 is 11.0 Å². The van der Waals surface area contributed by atoms with Crippen molar-refractivity contribution in [3.8, 4) is 0 Å². The van der Waals surface area contributed by atoms with E-state index >= 15 is 0 Å². The van der Waals surface area contributed by atoms with E-state index in [1.807, 2.05) is 25.1 Å². The Morgan fingerprint density at radius 2 is 1.84 bits per heavy atom. The topological polar surface area (TPSA) is 69.9 Å². The van der Waals surface area contributed by atoms with Crippen LogP contribution in [0.25, 0.3) is 11.0 Å². The lowest BCUT2D eigenvalue weighted by Crippen LogP contribution is -2.38. The van der Waals surface area contributed by atoms with Crippen molar-refractivity contribution >= 4 is 11.0 Å². The van der Waals surface area contributed by atoms with Crippen molar-refractivity contribution in [3.05, 3.63) is 34.2 Å². The Balaban J connectivity index is 2.16. The predicted octanol–water partition coefficient (Wildman–Crippen LogP) is 1.93. The molecule has 104 valence electrons. The largest absolute Gasteiger partial charge is 0.380 e. The minimum Gasteiger partial charge on any atom is -0.380 e. The van der Waals surface area contributed by atoms with Crippen molar-refractivity contribution in [1.29, 1.82) is 0 Å². The third kappa shape index (κ3) is 3.05. The van der Waals surface area contributed by atoms with Crippen molar-refractivity contribution in [1.82, 2.24) is 15.3 Å². The smallest absolute Gasteiger partial charge is 0.323 e. The summed E-state index contributed by atoms with van der Waals surface area (Å²) in [6.07, 6.45) is 0.151. The highest BCUT2D eigenvalue weighted by Gasteiger charge is 2.15. The molecule has 3 unspecified atom stereocenters. The van der Waals surface area contributed by atoms with Gasteiger partial charge in [0.25, 0.3) is 0 Å². The molecule has 0 radical (unpaired) electrons. The summed E-state index contributed by atoms with van der Waals surface area (Å²) < 4.78 is 5.31. The summed E-state index contributed by atoms with van der Waals surface area (Å²) in [5.74, 6) is 0. The molecule has 2 aromatic rings. The second-order valence-corrected chi connectivity index (χ2v) is 5.00. The fourth-order valence-electron chi connectivity index (χ4n) is 2.15. The predicted molar refractivity (Wildman–Crippen MR) is 76.4 cm³/mol. The van der Waals surface area contributed by atoms with Gasteiger partial charge >= 0.3 is 5.69 Å². The quantitative estimate of drug-likeness (QED) is 0.772. The number of aromatic amines is 2. The van der Waals surface area contributed by atoms with Gasteiger partial charge in [-0.15, -0.1) is 0 Å². The number of hydrogen-bond donors (Lipinski definition) is 3. The summed E-state index contributed by atoms with van der Waals surface area (Å²) in [6.45, 7) is 6.24. The normalized spacial score (nSPS) is 16.4. The van der Waals surface area contributed by atoms with E-state index in [0.29, 0.717) is 0 Å². The maximum Gasteiger partial charge on any atom is 0.323 e. The van der Waals surface area contributed by atoms with Crippen LogP contribution in [0.1, 0.15) is 32.4 Å². The minimum atomic E-state index is -0.172. The highest BCUT2D eigenvalue weighted by Crippen LogP contribution is 2.18. The number of H-pyrrole nitrogens is 2. The number of ether oxygens (including phenoxy) is 1. The number of methoxy groups -OCH3 is 1. The highest BCUT2D eigenvalue weighted by atomic mass is 16.5. The van der Waals surface area contributed by atoms with E-state index in [0.717, 1.165) is 16.6 Å². The van der Waals surface area contributed by atoms with Crippen LogP contribution in [0.15, 0.2) is 23.0 Å².